The summed E-state index contributed by atoms with van der Waals surface area (Å²) in [6.07, 6.45) is 0. The van der Waals surface area contributed by atoms with Gasteiger partial charge in [-0.3, -0.25) is 4.79 Å². The number of ether oxygens (including phenoxy) is 3. The first-order chi connectivity index (χ1) is 12.0. The molecule has 2 aromatic carbocycles. The first-order valence-electron chi connectivity index (χ1n) is 7.30. The van der Waals surface area contributed by atoms with Crippen LogP contribution in [0.15, 0.2) is 39.5 Å². The van der Waals surface area contributed by atoms with Gasteiger partial charge in [-0.15, -0.1) is 0 Å². The van der Waals surface area contributed by atoms with Crippen molar-refractivity contribution in [2.75, 3.05) is 21.3 Å². The van der Waals surface area contributed by atoms with E-state index in [1.165, 1.54) is 20.3 Å². The second-order valence-electron chi connectivity index (χ2n) is 5.17. The largest absolute Gasteiger partial charge is 0.504 e. The Morgan fingerprint density at radius 2 is 1.64 bits per heavy atom. The van der Waals surface area contributed by atoms with Crippen LogP contribution in [0.4, 0.5) is 0 Å². The van der Waals surface area contributed by atoms with E-state index in [2.05, 4.69) is 0 Å². The van der Waals surface area contributed by atoms with Gasteiger partial charge in [-0.05, 0) is 24.3 Å². The molecule has 0 unspecified atom stereocenters. The van der Waals surface area contributed by atoms with Gasteiger partial charge in [0.2, 0.25) is 11.2 Å². The number of fused-ring (bicyclic) bond motifs is 1. The average Bonchev–Trinajstić information content (AvgIpc) is 2.64. The van der Waals surface area contributed by atoms with Gasteiger partial charge in [0.1, 0.15) is 11.1 Å². The molecule has 0 spiro atoms. The molecule has 2 N–H and O–H groups in total. The van der Waals surface area contributed by atoms with Crippen LogP contribution in [0.2, 0.25) is 0 Å². The van der Waals surface area contributed by atoms with E-state index in [0.717, 1.165) is 0 Å². The van der Waals surface area contributed by atoms with Gasteiger partial charge in [0.05, 0.1) is 21.3 Å². The summed E-state index contributed by atoms with van der Waals surface area (Å²) in [5.74, 6) is -0.252. The van der Waals surface area contributed by atoms with Gasteiger partial charge in [0, 0.05) is 11.6 Å². The standard InChI is InChI=1S/C18H16O7/c1-22-10-6-4-9(5-7-10)16-18(24-3)15(21)13-14(20)11(19)8-12(23-2)17(13)25-16/h4-8,19-20H,1-3H3. The van der Waals surface area contributed by atoms with E-state index in [9.17, 15) is 15.0 Å². The number of benzene rings is 2. The van der Waals surface area contributed by atoms with Crippen LogP contribution >= 0.6 is 0 Å². The second-order valence-corrected chi connectivity index (χ2v) is 5.17. The summed E-state index contributed by atoms with van der Waals surface area (Å²) in [6, 6.07) is 8.01. The number of aromatic hydroxyl groups is 2. The minimum absolute atomic E-state index is 0.00872. The number of methoxy groups -OCH3 is 3. The quantitative estimate of drug-likeness (QED) is 0.702. The maximum Gasteiger partial charge on any atom is 0.239 e. The van der Waals surface area contributed by atoms with Crippen molar-refractivity contribution < 1.29 is 28.8 Å². The summed E-state index contributed by atoms with van der Waals surface area (Å²) in [7, 11) is 4.23. The molecule has 0 atom stereocenters. The van der Waals surface area contributed by atoms with Gasteiger partial charge in [-0.1, -0.05) is 0 Å². The third-order valence-corrected chi connectivity index (χ3v) is 3.82. The molecule has 7 nitrogen and oxygen atoms in total. The molecular weight excluding hydrogens is 328 g/mol. The van der Waals surface area contributed by atoms with E-state index in [4.69, 9.17) is 18.6 Å². The predicted molar refractivity (Wildman–Crippen MR) is 90.9 cm³/mol. The minimum atomic E-state index is -0.624. The molecule has 0 bridgehead atoms. The maximum atomic E-state index is 12.8. The van der Waals surface area contributed by atoms with E-state index in [1.54, 1.807) is 31.4 Å². The van der Waals surface area contributed by atoms with Crippen LogP contribution in [-0.4, -0.2) is 31.5 Å². The van der Waals surface area contributed by atoms with Crippen molar-refractivity contribution >= 4 is 11.0 Å². The summed E-state index contributed by atoms with van der Waals surface area (Å²) >= 11 is 0. The number of rotatable bonds is 4. The molecule has 3 rings (SSSR count). The highest BCUT2D eigenvalue weighted by Crippen LogP contribution is 2.42. The van der Waals surface area contributed by atoms with Crippen molar-refractivity contribution in [1.29, 1.82) is 0 Å². The van der Waals surface area contributed by atoms with Gasteiger partial charge < -0.3 is 28.8 Å². The number of hydrogen-bond acceptors (Lipinski definition) is 7. The summed E-state index contributed by atoms with van der Waals surface area (Å²) in [4.78, 5) is 12.8. The minimum Gasteiger partial charge on any atom is -0.504 e. The SMILES string of the molecule is COc1ccc(-c2oc3c(OC)cc(O)c(O)c3c(=O)c2OC)cc1. The monoisotopic (exact) mass is 344 g/mol. The molecule has 1 heterocycles. The topological polar surface area (TPSA) is 98.4 Å². The summed E-state index contributed by atoms with van der Waals surface area (Å²) in [5, 5.41) is 19.7. The zero-order valence-corrected chi connectivity index (χ0v) is 13.8. The Labute approximate surface area is 142 Å². The summed E-state index contributed by atoms with van der Waals surface area (Å²) in [5.41, 5.74) is -0.0399. The zero-order chi connectivity index (χ0) is 18.1. The highest BCUT2D eigenvalue weighted by molar-refractivity contribution is 5.93. The lowest BCUT2D eigenvalue weighted by atomic mass is 10.1. The van der Waals surface area contributed by atoms with Gasteiger partial charge >= 0.3 is 0 Å². The van der Waals surface area contributed by atoms with E-state index in [1.807, 2.05) is 0 Å². The molecule has 130 valence electrons. The summed E-state index contributed by atoms with van der Waals surface area (Å²) < 4.78 is 21.3. The van der Waals surface area contributed by atoms with Crippen molar-refractivity contribution in [3.05, 3.63) is 40.6 Å². The molecule has 0 aliphatic carbocycles. The number of phenols is 2. The lowest BCUT2D eigenvalue weighted by molar-refractivity contribution is 0.378. The predicted octanol–water partition coefficient (Wildman–Crippen LogP) is 2.90. The third-order valence-electron chi connectivity index (χ3n) is 3.82. The summed E-state index contributed by atoms with van der Waals surface area (Å²) in [6.45, 7) is 0. The van der Waals surface area contributed by atoms with Gasteiger partial charge in [-0.2, -0.15) is 0 Å². The molecule has 0 amide bonds. The second kappa shape index (κ2) is 6.27. The van der Waals surface area contributed by atoms with Crippen molar-refractivity contribution in [3.63, 3.8) is 0 Å². The molecule has 0 fully saturated rings. The lowest BCUT2D eigenvalue weighted by Gasteiger charge is -2.13. The van der Waals surface area contributed by atoms with Crippen molar-refractivity contribution in [2.45, 2.75) is 0 Å². The molecule has 1 aromatic heterocycles. The first kappa shape index (κ1) is 16.5. The molecule has 25 heavy (non-hydrogen) atoms. The molecule has 0 aliphatic rings. The Bertz CT molecular complexity index is 987. The fourth-order valence-electron chi connectivity index (χ4n) is 2.56. The molecule has 7 heteroatoms. The zero-order valence-electron chi connectivity index (χ0n) is 13.8. The normalized spacial score (nSPS) is 10.7. The highest BCUT2D eigenvalue weighted by Gasteiger charge is 2.23. The smallest absolute Gasteiger partial charge is 0.239 e. The van der Waals surface area contributed by atoms with Gasteiger partial charge in [-0.25, -0.2) is 0 Å². The number of hydrogen-bond donors (Lipinski definition) is 2. The molecule has 0 saturated carbocycles. The molecule has 0 aliphatic heterocycles. The fourth-order valence-corrected chi connectivity index (χ4v) is 2.56. The van der Waals surface area contributed by atoms with Crippen molar-refractivity contribution in [3.8, 4) is 40.1 Å². The highest BCUT2D eigenvalue weighted by atomic mass is 16.5. The van der Waals surface area contributed by atoms with Crippen LogP contribution < -0.4 is 19.6 Å². The fraction of sp³-hybridized carbons (Fsp3) is 0.167. The molecular formula is C18H16O7. The van der Waals surface area contributed by atoms with E-state index >= 15 is 0 Å². The Morgan fingerprint density at radius 3 is 2.20 bits per heavy atom. The Balaban J connectivity index is 2.39. The van der Waals surface area contributed by atoms with Gasteiger partial charge in [0.15, 0.2) is 28.6 Å². The lowest BCUT2D eigenvalue weighted by Crippen LogP contribution is -2.08. The number of phenolic OH excluding ortho intramolecular Hbond substituents is 2. The van der Waals surface area contributed by atoms with Crippen LogP contribution in [0.1, 0.15) is 0 Å². The van der Waals surface area contributed by atoms with Gasteiger partial charge in [0.25, 0.3) is 0 Å². The van der Waals surface area contributed by atoms with E-state index in [-0.39, 0.29) is 28.2 Å². The van der Waals surface area contributed by atoms with Crippen LogP contribution in [-0.2, 0) is 0 Å². The van der Waals surface area contributed by atoms with Crippen molar-refractivity contribution in [2.24, 2.45) is 0 Å². The maximum absolute atomic E-state index is 12.8. The Morgan fingerprint density at radius 1 is 0.960 bits per heavy atom. The Hall–Kier alpha value is -3.35. The first-order valence-corrected chi connectivity index (χ1v) is 7.30. The van der Waals surface area contributed by atoms with Crippen LogP contribution in [0.3, 0.4) is 0 Å². The van der Waals surface area contributed by atoms with Crippen molar-refractivity contribution in [1.82, 2.24) is 0 Å². The van der Waals surface area contributed by atoms with E-state index < -0.39 is 16.9 Å². The average molecular weight is 344 g/mol. The third kappa shape index (κ3) is 2.59. The van der Waals surface area contributed by atoms with Crippen LogP contribution in [0.25, 0.3) is 22.3 Å². The van der Waals surface area contributed by atoms with Crippen LogP contribution in [0.5, 0.6) is 28.7 Å². The molecule has 0 saturated heterocycles. The van der Waals surface area contributed by atoms with E-state index in [0.29, 0.717) is 11.3 Å². The molecule has 0 radical (unpaired) electrons. The Kier molecular flexibility index (Phi) is 4.14. The van der Waals surface area contributed by atoms with Crippen LogP contribution in [0, 0.1) is 0 Å². The molecule has 3 aromatic rings.